The lowest BCUT2D eigenvalue weighted by Crippen LogP contribution is -2.55. The molecule has 6 aliphatic rings. The van der Waals surface area contributed by atoms with Crippen LogP contribution >= 0.6 is 0 Å². The molecule has 6 aliphatic carbocycles. The van der Waals surface area contributed by atoms with Crippen molar-refractivity contribution in [2.24, 2.45) is 23.7 Å². The fraction of sp³-hybridized carbons (Fsp3) is 0.375. The molecule has 0 unspecified atom stereocenters. The molecule has 5 aromatic rings. The van der Waals surface area contributed by atoms with E-state index >= 15 is 0 Å². The number of nitrogens with zero attached hydrogens (tertiary/aromatic N) is 1. The minimum Gasteiger partial charge on any atom is -0.310 e. The Kier molecular flexibility index (Phi) is 3.47. The van der Waals surface area contributed by atoms with E-state index in [0.29, 0.717) is 61.5 Å². The lowest BCUT2D eigenvalue weighted by atomic mass is 9.43. The van der Waals surface area contributed by atoms with Crippen molar-refractivity contribution < 1.29 is 26.0 Å². The zero-order valence-corrected chi connectivity index (χ0v) is 28.2. The first-order chi connectivity index (χ1) is 31.7. The van der Waals surface area contributed by atoms with Crippen LogP contribution in [0.2, 0.25) is 0 Å². The molecule has 246 valence electrons. The predicted molar refractivity (Wildman–Crippen MR) is 205 cm³/mol. The van der Waals surface area contributed by atoms with Crippen LogP contribution < -0.4 is 4.90 Å². The van der Waals surface area contributed by atoms with Gasteiger partial charge in [-0.2, -0.15) is 0 Å². The number of fused-ring (bicyclic) bond motifs is 4. The Bertz CT molecular complexity index is 3070. The Balaban J connectivity index is 1.43. The first kappa shape index (κ1) is 16.3. The van der Waals surface area contributed by atoms with E-state index in [0.717, 1.165) is 11.3 Å². The summed E-state index contributed by atoms with van der Waals surface area (Å²) >= 11 is 0. The quantitative estimate of drug-likeness (QED) is 0.186. The van der Waals surface area contributed by atoms with Gasteiger partial charge in [0.2, 0.25) is 0 Å². The standard InChI is InChI=1S/C48H49N/c1-46(2)23-24-47(3,4)43-30-38(21-22-41(43)46)49(37-19-17-34(18-20-37)33-11-6-5-7-12-33)44-16-10-15-42-45(44)39-13-8-9-14-40(39)48(42)35-26-31-25-32(28-35)29-36(48)27-31/h5-22,30-32,35-36H,23-29H2,1-4H3/i5D,6D,7D,8D,9D,10D,11D,12D,13D,14D,15D,16D,17D,18D,19D,20D,21D,22D,30D. The molecule has 0 aromatic heterocycles. The monoisotopic (exact) mass is 659 g/mol. The fourth-order valence-electron chi connectivity index (χ4n) is 10.4. The highest BCUT2D eigenvalue weighted by Crippen LogP contribution is 2.70. The highest BCUT2D eigenvalue weighted by atomic mass is 15.1. The van der Waals surface area contributed by atoms with Crippen LogP contribution in [0.25, 0.3) is 22.3 Å². The van der Waals surface area contributed by atoms with Gasteiger partial charge in [-0.25, -0.2) is 0 Å². The van der Waals surface area contributed by atoms with Gasteiger partial charge in [0.25, 0.3) is 0 Å². The van der Waals surface area contributed by atoms with Crippen molar-refractivity contribution >= 4 is 17.1 Å². The second kappa shape index (κ2) is 10.5. The lowest BCUT2D eigenvalue weighted by Gasteiger charge is -2.61. The number of benzene rings is 5. The van der Waals surface area contributed by atoms with Gasteiger partial charge < -0.3 is 4.90 Å². The summed E-state index contributed by atoms with van der Waals surface area (Å²) in [7, 11) is 0. The van der Waals surface area contributed by atoms with Crippen molar-refractivity contribution in [2.45, 2.75) is 88.9 Å². The molecule has 0 saturated heterocycles. The van der Waals surface area contributed by atoms with Crippen molar-refractivity contribution in [1.29, 1.82) is 0 Å². The summed E-state index contributed by atoms with van der Waals surface area (Å²) in [4.78, 5) is 1.01. The molecule has 11 rings (SSSR count). The molecule has 0 amide bonds. The Hall–Kier alpha value is -4.10. The van der Waals surface area contributed by atoms with E-state index in [1.807, 2.05) is 27.7 Å². The summed E-state index contributed by atoms with van der Waals surface area (Å²) in [5.74, 6) is 0.197. The predicted octanol–water partition coefficient (Wildman–Crippen LogP) is 12.9. The summed E-state index contributed by atoms with van der Waals surface area (Å²) in [5, 5.41) is 0. The number of hydrogen-bond acceptors (Lipinski definition) is 1. The van der Waals surface area contributed by atoms with Crippen LogP contribution in [0, 0.1) is 23.7 Å². The van der Waals surface area contributed by atoms with Gasteiger partial charge in [-0.05, 0) is 149 Å². The molecule has 5 aromatic carbocycles. The molecule has 1 spiro atoms. The smallest absolute Gasteiger partial charge is 0.0648 e. The van der Waals surface area contributed by atoms with E-state index in [2.05, 4.69) is 0 Å². The molecule has 0 N–H and O–H groups in total. The van der Waals surface area contributed by atoms with Gasteiger partial charge in [0, 0.05) is 22.4 Å². The third-order valence-electron chi connectivity index (χ3n) is 12.6. The van der Waals surface area contributed by atoms with Gasteiger partial charge in [0.1, 0.15) is 0 Å². The lowest BCUT2D eigenvalue weighted by molar-refractivity contribution is -0.0399. The summed E-state index contributed by atoms with van der Waals surface area (Å²) in [6.07, 6.45) is 4.91. The molecule has 4 saturated carbocycles. The average molecular weight is 659 g/mol. The van der Waals surface area contributed by atoms with E-state index < -0.39 is 135 Å². The molecule has 0 aliphatic heterocycles. The molecule has 4 fully saturated rings. The summed E-state index contributed by atoms with van der Waals surface area (Å²) in [6.45, 7) is 7.62. The highest BCUT2D eigenvalue weighted by molar-refractivity contribution is 5.95. The summed E-state index contributed by atoms with van der Waals surface area (Å²) < 4.78 is 178. The van der Waals surface area contributed by atoms with Gasteiger partial charge in [-0.3, -0.25) is 0 Å². The molecule has 1 nitrogen and oxygen atoms in total. The topological polar surface area (TPSA) is 3.24 Å². The maximum atomic E-state index is 10.2. The van der Waals surface area contributed by atoms with Crippen molar-refractivity contribution in [3.63, 3.8) is 0 Å². The van der Waals surface area contributed by atoms with Crippen LogP contribution in [0.5, 0.6) is 0 Å². The zero-order chi connectivity index (χ0) is 49.7. The van der Waals surface area contributed by atoms with Crippen LogP contribution in [-0.2, 0) is 16.2 Å². The van der Waals surface area contributed by atoms with Crippen LogP contribution in [-0.4, -0.2) is 0 Å². The normalized spacial score (nSPS) is 33.3. The van der Waals surface area contributed by atoms with Gasteiger partial charge >= 0.3 is 0 Å². The third-order valence-corrected chi connectivity index (χ3v) is 12.6. The minimum absolute atomic E-state index is 0.0462. The van der Waals surface area contributed by atoms with Gasteiger partial charge in [-0.15, -0.1) is 0 Å². The van der Waals surface area contributed by atoms with Gasteiger partial charge in [-0.1, -0.05) is 112 Å². The Morgan fingerprint density at radius 1 is 0.531 bits per heavy atom. The van der Waals surface area contributed by atoms with Crippen LogP contribution in [0.15, 0.2) is 115 Å². The van der Waals surface area contributed by atoms with Crippen molar-refractivity contribution in [3.8, 4) is 22.3 Å². The molecule has 1 heteroatoms. The largest absolute Gasteiger partial charge is 0.310 e. The Labute approximate surface area is 320 Å². The Morgan fingerprint density at radius 3 is 1.84 bits per heavy atom. The molecular weight excluding hydrogens is 591 g/mol. The van der Waals surface area contributed by atoms with E-state index in [4.69, 9.17) is 9.60 Å². The van der Waals surface area contributed by atoms with Crippen LogP contribution in [0.1, 0.15) is 121 Å². The summed E-state index contributed by atoms with van der Waals surface area (Å²) in [5.41, 5.74) is -4.45. The number of hydrogen-bond donors (Lipinski definition) is 0. The Morgan fingerprint density at radius 2 is 1.12 bits per heavy atom. The fourth-order valence-corrected chi connectivity index (χ4v) is 10.4. The maximum absolute atomic E-state index is 10.2. The zero-order valence-electron chi connectivity index (χ0n) is 47.2. The van der Waals surface area contributed by atoms with Gasteiger partial charge in [0.05, 0.1) is 31.7 Å². The van der Waals surface area contributed by atoms with E-state index in [9.17, 15) is 16.4 Å². The molecule has 4 bridgehead atoms. The first-order valence-electron chi connectivity index (χ1n) is 27.0. The second-order valence-electron chi connectivity index (χ2n) is 16.2. The molecule has 0 heterocycles. The first-order valence-corrected chi connectivity index (χ1v) is 17.5. The van der Waals surface area contributed by atoms with Crippen molar-refractivity contribution in [3.05, 3.63) is 137 Å². The third kappa shape index (κ3) is 4.24. The highest BCUT2D eigenvalue weighted by Gasteiger charge is 2.61. The second-order valence-corrected chi connectivity index (χ2v) is 16.2. The maximum Gasteiger partial charge on any atom is 0.0648 e. The number of anilines is 3. The molecule has 0 atom stereocenters. The van der Waals surface area contributed by atoms with E-state index in [-0.39, 0.29) is 58.3 Å². The van der Waals surface area contributed by atoms with E-state index in [1.54, 1.807) is 0 Å². The minimum atomic E-state index is -1.24. The average Bonchev–Trinajstić information content (AvgIpc) is 3.59. The molecular formula is C48H49N. The van der Waals surface area contributed by atoms with E-state index in [1.165, 1.54) is 0 Å². The van der Waals surface area contributed by atoms with Crippen molar-refractivity contribution in [2.75, 3.05) is 4.90 Å². The molecule has 49 heavy (non-hydrogen) atoms. The SMILES string of the molecule is [2H]c1c([2H])c([2H])c(-c2c([2H])c([2H])c(N(c3c([2H])c([2H])c4c(c3[2H])C(C)(C)CCC4(C)C)c3c([2H])c([2H])c([2H])c4c3-c3c([2H])c([2H])c([2H])c([2H])c3C43C4CC5CC(C4)CC3C5)c([2H])c2[2H])c([2H])c1[2H]. The van der Waals surface area contributed by atoms with Gasteiger partial charge in [0.15, 0.2) is 0 Å². The number of rotatable bonds is 4. The van der Waals surface area contributed by atoms with Crippen LogP contribution in [0.4, 0.5) is 17.1 Å². The molecule has 0 radical (unpaired) electrons. The van der Waals surface area contributed by atoms with Crippen molar-refractivity contribution in [1.82, 2.24) is 0 Å². The van der Waals surface area contributed by atoms with Crippen LogP contribution in [0.3, 0.4) is 0 Å². The summed E-state index contributed by atoms with van der Waals surface area (Å²) in [6, 6.07) is -12.3.